The normalized spacial score (nSPS) is 10.9. The molecule has 13 heavy (non-hydrogen) atoms. The Kier molecular flexibility index (Phi) is 2.49. The van der Waals surface area contributed by atoms with Gasteiger partial charge in [0.25, 0.3) is 0 Å². The van der Waals surface area contributed by atoms with Crippen molar-refractivity contribution in [2.24, 2.45) is 5.73 Å². The maximum Gasteiger partial charge on any atom is 0.0998 e. The number of fused-ring (bicyclic) bond motifs is 1. The molecule has 0 radical (unpaired) electrons. The molecule has 68 valence electrons. The number of halogens is 1. The minimum atomic E-state index is 0.653. The lowest BCUT2D eigenvalue weighted by Crippen LogP contribution is -2.02. The Bertz CT molecular complexity index is 424. The van der Waals surface area contributed by atoms with Gasteiger partial charge in [0.15, 0.2) is 0 Å². The molecule has 0 saturated carbocycles. The topological polar surface area (TPSA) is 38.9 Å². The monoisotopic (exact) mass is 212 g/mol. The summed E-state index contributed by atoms with van der Waals surface area (Å²) in [5.74, 6) is 0. The quantitative estimate of drug-likeness (QED) is 0.831. The molecule has 0 fully saturated rings. The van der Waals surface area contributed by atoms with Gasteiger partial charge in [0.2, 0.25) is 0 Å². The molecule has 0 spiro atoms. The molecule has 2 rings (SSSR count). The van der Waals surface area contributed by atoms with Crippen LogP contribution in [0.2, 0.25) is 5.02 Å². The fraction of sp³-hybridized carbons (Fsp3) is 0.222. The highest BCUT2D eigenvalue weighted by Gasteiger charge is 2.03. The number of nitrogens with two attached hydrogens (primary N) is 1. The van der Waals surface area contributed by atoms with Crippen LogP contribution in [0.3, 0.4) is 0 Å². The summed E-state index contributed by atoms with van der Waals surface area (Å²) in [7, 11) is 0. The number of aromatic nitrogens is 1. The van der Waals surface area contributed by atoms with Gasteiger partial charge < -0.3 is 5.73 Å². The summed E-state index contributed by atoms with van der Waals surface area (Å²) >= 11 is 7.65. The Balaban J connectivity index is 2.56. The summed E-state index contributed by atoms with van der Waals surface area (Å²) in [4.78, 5) is 4.17. The molecule has 1 aromatic heterocycles. The number of benzene rings is 1. The molecule has 0 unspecified atom stereocenters. The minimum Gasteiger partial charge on any atom is -0.330 e. The Morgan fingerprint density at radius 1 is 1.46 bits per heavy atom. The Hall–Kier alpha value is -0.640. The third-order valence-electron chi connectivity index (χ3n) is 1.88. The van der Waals surface area contributed by atoms with E-state index in [1.807, 2.05) is 11.6 Å². The summed E-state index contributed by atoms with van der Waals surface area (Å²) in [5.41, 5.74) is 9.36. The fourth-order valence-electron chi connectivity index (χ4n) is 1.29. The van der Waals surface area contributed by atoms with Gasteiger partial charge >= 0.3 is 0 Å². The zero-order valence-corrected chi connectivity index (χ0v) is 8.53. The van der Waals surface area contributed by atoms with E-state index in [4.69, 9.17) is 17.3 Å². The highest BCUT2D eigenvalue weighted by molar-refractivity contribution is 7.16. The van der Waals surface area contributed by atoms with Crippen molar-refractivity contribution in [2.45, 2.75) is 6.42 Å². The number of hydrogen-bond acceptors (Lipinski definition) is 3. The van der Waals surface area contributed by atoms with Gasteiger partial charge in [-0.1, -0.05) is 11.6 Å². The molecule has 0 saturated heterocycles. The van der Waals surface area contributed by atoms with Crippen LogP contribution in [0.1, 0.15) is 5.56 Å². The Morgan fingerprint density at radius 3 is 3.08 bits per heavy atom. The smallest absolute Gasteiger partial charge is 0.0998 e. The Labute approximate surface area is 85.3 Å². The van der Waals surface area contributed by atoms with Crippen molar-refractivity contribution in [2.75, 3.05) is 6.54 Å². The molecule has 0 aliphatic carbocycles. The molecule has 1 heterocycles. The van der Waals surface area contributed by atoms with Crippen molar-refractivity contribution >= 4 is 33.2 Å². The summed E-state index contributed by atoms with van der Waals surface area (Å²) < 4.78 is 1.14. The fourth-order valence-corrected chi connectivity index (χ4v) is 2.40. The summed E-state index contributed by atoms with van der Waals surface area (Å²) in [5, 5.41) is 0.724. The lowest BCUT2D eigenvalue weighted by molar-refractivity contribution is 0.971. The van der Waals surface area contributed by atoms with E-state index in [-0.39, 0.29) is 0 Å². The van der Waals surface area contributed by atoms with Gasteiger partial charge in [0, 0.05) is 0 Å². The average molecular weight is 213 g/mol. The highest BCUT2D eigenvalue weighted by Crippen LogP contribution is 2.27. The van der Waals surface area contributed by atoms with Crippen molar-refractivity contribution in [1.29, 1.82) is 0 Å². The Morgan fingerprint density at radius 2 is 2.31 bits per heavy atom. The van der Waals surface area contributed by atoms with Crippen LogP contribution in [0.25, 0.3) is 10.2 Å². The first kappa shape index (κ1) is 8.94. The molecule has 0 amide bonds. The number of hydrogen-bond donors (Lipinski definition) is 1. The van der Waals surface area contributed by atoms with Crippen molar-refractivity contribution in [3.63, 3.8) is 0 Å². The first-order valence-electron chi connectivity index (χ1n) is 4.03. The first-order valence-corrected chi connectivity index (χ1v) is 5.28. The molecular weight excluding hydrogens is 204 g/mol. The summed E-state index contributed by atoms with van der Waals surface area (Å²) in [6, 6.07) is 4.04. The molecule has 4 heteroatoms. The lowest BCUT2D eigenvalue weighted by Gasteiger charge is -1.99. The summed E-state index contributed by atoms with van der Waals surface area (Å²) in [6.07, 6.45) is 0.869. The van der Waals surface area contributed by atoms with Crippen molar-refractivity contribution in [3.8, 4) is 0 Å². The molecule has 0 aliphatic rings. The van der Waals surface area contributed by atoms with Gasteiger partial charge in [-0.2, -0.15) is 0 Å². The van der Waals surface area contributed by atoms with Crippen molar-refractivity contribution in [1.82, 2.24) is 4.98 Å². The van der Waals surface area contributed by atoms with Crippen LogP contribution in [0.4, 0.5) is 0 Å². The van der Waals surface area contributed by atoms with Crippen LogP contribution < -0.4 is 5.73 Å². The van der Waals surface area contributed by atoms with E-state index in [1.54, 1.807) is 11.3 Å². The first-order chi connectivity index (χ1) is 6.31. The average Bonchev–Trinajstić information content (AvgIpc) is 2.53. The van der Waals surface area contributed by atoms with Crippen LogP contribution in [-0.4, -0.2) is 11.5 Å². The molecule has 2 N–H and O–H groups in total. The van der Waals surface area contributed by atoms with E-state index >= 15 is 0 Å². The second-order valence-electron chi connectivity index (χ2n) is 2.82. The third kappa shape index (κ3) is 1.68. The number of rotatable bonds is 2. The van der Waals surface area contributed by atoms with E-state index in [9.17, 15) is 0 Å². The second kappa shape index (κ2) is 3.62. The standard InChI is InChI=1S/C9H9ClN2S/c10-7-3-6(1-2-11)4-8-9(7)12-5-13-8/h3-5H,1-2,11H2. The summed E-state index contributed by atoms with van der Waals surface area (Å²) in [6.45, 7) is 0.653. The van der Waals surface area contributed by atoms with Crippen molar-refractivity contribution in [3.05, 3.63) is 28.2 Å². The van der Waals surface area contributed by atoms with Gasteiger partial charge in [0.1, 0.15) is 0 Å². The van der Waals surface area contributed by atoms with Crippen LogP contribution in [0, 0.1) is 0 Å². The molecule has 0 aliphatic heterocycles. The van der Waals surface area contributed by atoms with E-state index in [0.29, 0.717) is 6.54 Å². The van der Waals surface area contributed by atoms with E-state index in [1.165, 1.54) is 5.56 Å². The van der Waals surface area contributed by atoms with E-state index in [0.717, 1.165) is 21.7 Å². The molecular formula is C9H9ClN2S. The van der Waals surface area contributed by atoms with E-state index in [2.05, 4.69) is 11.1 Å². The largest absolute Gasteiger partial charge is 0.330 e. The number of nitrogens with zero attached hydrogens (tertiary/aromatic N) is 1. The van der Waals surface area contributed by atoms with Crippen LogP contribution in [-0.2, 0) is 6.42 Å². The van der Waals surface area contributed by atoms with Gasteiger partial charge in [-0.15, -0.1) is 11.3 Å². The predicted molar refractivity (Wildman–Crippen MR) is 57.4 cm³/mol. The predicted octanol–water partition coefficient (Wildman–Crippen LogP) is 2.45. The van der Waals surface area contributed by atoms with Gasteiger partial charge in [0.05, 0.1) is 20.7 Å². The zero-order chi connectivity index (χ0) is 9.26. The van der Waals surface area contributed by atoms with Crippen LogP contribution >= 0.6 is 22.9 Å². The van der Waals surface area contributed by atoms with Crippen LogP contribution in [0.5, 0.6) is 0 Å². The lowest BCUT2D eigenvalue weighted by atomic mass is 10.1. The van der Waals surface area contributed by atoms with Crippen molar-refractivity contribution < 1.29 is 0 Å². The maximum atomic E-state index is 6.04. The van der Waals surface area contributed by atoms with E-state index < -0.39 is 0 Å². The number of thiazole rings is 1. The maximum absolute atomic E-state index is 6.04. The van der Waals surface area contributed by atoms with Gasteiger partial charge in [-0.25, -0.2) is 4.98 Å². The molecule has 1 aromatic carbocycles. The molecule has 2 aromatic rings. The van der Waals surface area contributed by atoms with Crippen LogP contribution in [0.15, 0.2) is 17.6 Å². The second-order valence-corrected chi connectivity index (χ2v) is 4.11. The molecule has 0 atom stereocenters. The molecule has 2 nitrogen and oxygen atoms in total. The highest BCUT2D eigenvalue weighted by atomic mass is 35.5. The zero-order valence-electron chi connectivity index (χ0n) is 6.96. The third-order valence-corrected chi connectivity index (χ3v) is 2.95. The van der Waals surface area contributed by atoms with Gasteiger partial charge in [-0.3, -0.25) is 0 Å². The van der Waals surface area contributed by atoms with Gasteiger partial charge in [-0.05, 0) is 30.7 Å². The molecule has 0 bridgehead atoms. The minimum absolute atomic E-state index is 0.653. The SMILES string of the molecule is NCCc1cc(Cl)c2ncsc2c1.